The van der Waals surface area contributed by atoms with E-state index < -0.39 is 0 Å². The number of oxazole rings is 1. The fourth-order valence-corrected chi connectivity index (χ4v) is 5.12. The number of likely N-dealkylation sites (tertiary alicyclic amines) is 1. The van der Waals surface area contributed by atoms with Crippen LogP contribution in [0.25, 0.3) is 11.3 Å². The van der Waals surface area contributed by atoms with Crippen molar-refractivity contribution in [2.24, 2.45) is 0 Å². The van der Waals surface area contributed by atoms with E-state index in [9.17, 15) is 15.3 Å². The molecule has 2 atom stereocenters. The molecule has 1 aliphatic heterocycles. The molecule has 1 saturated heterocycles. The lowest BCUT2D eigenvalue weighted by Gasteiger charge is -2.27. The van der Waals surface area contributed by atoms with Gasteiger partial charge in [-0.2, -0.15) is 10.5 Å². The van der Waals surface area contributed by atoms with Crippen molar-refractivity contribution in [3.8, 4) is 23.6 Å². The lowest BCUT2D eigenvalue weighted by molar-refractivity contribution is 0.0628. The normalized spacial score (nSPS) is 21.5. The average molecular weight is 469 g/mol. The molecule has 0 spiro atoms. The summed E-state index contributed by atoms with van der Waals surface area (Å²) in [5.41, 5.74) is 2.52. The van der Waals surface area contributed by atoms with E-state index >= 15 is 0 Å². The molecule has 35 heavy (non-hydrogen) atoms. The molecule has 2 aromatic heterocycles. The molecule has 1 aromatic carbocycles. The summed E-state index contributed by atoms with van der Waals surface area (Å²) in [5.74, 6) is 0.784. The van der Waals surface area contributed by atoms with E-state index in [1.54, 1.807) is 28.2 Å². The summed E-state index contributed by atoms with van der Waals surface area (Å²) in [4.78, 5) is 21.6. The molecule has 0 bridgehead atoms. The van der Waals surface area contributed by atoms with E-state index in [0.29, 0.717) is 36.8 Å². The maximum absolute atomic E-state index is 13.6. The molecule has 10 heteroatoms. The van der Waals surface area contributed by atoms with Gasteiger partial charge in [0.15, 0.2) is 12.0 Å². The first-order valence-corrected chi connectivity index (χ1v) is 12.0. The van der Waals surface area contributed by atoms with Gasteiger partial charge < -0.3 is 14.2 Å². The zero-order valence-corrected chi connectivity index (χ0v) is 19.1. The van der Waals surface area contributed by atoms with Gasteiger partial charge in [0.05, 0.1) is 42.7 Å². The third-order valence-corrected chi connectivity index (χ3v) is 7.11. The number of hydrogen-bond acceptors (Lipinski definition) is 8. The van der Waals surface area contributed by atoms with E-state index in [2.05, 4.69) is 27.6 Å². The van der Waals surface area contributed by atoms with E-state index in [-0.39, 0.29) is 29.9 Å². The number of aromatic nitrogens is 4. The SMILES string of the molecule is N#Cc1ccc(C2CC2)c(-c2cnc(C(=O)N(C3CC3)[C@@H]3C[C@@H](Cn4ccnn4)N(C#N)C3)o2)c1. The van der Waals surface area contributed by atoms with Crippen molar-refractivity contribution in [2.45, 2.75) is 62.7 Å². The van der Waals surface area contributed by atoms with Gasteiger partial charge in [0.2, 0.25) is 0 Å². The molecule has 0 N–H and O–H groups in total. The minimum Gasteiger partial charge on any atom is -0.432 e. The van der Waals surface area contributed by atoms with Crippen molar-refractivity contribution in [1.29, 1.82) is 10.5 Å². The highest BCUT2D eigenvalue weighted by Crippen LogP contribution is 2.45. The Hall–Kier alpha value is -4.18. The molecular weight excluding hydrogens is 444 g/mol. The van der Waals surface area contributed by atoms with Crippen molar-refractivity contribution in [3.63, 3.8) is 0 Å². The molecule has 10 nitrogen and oxygen atoms in total. The summed E-state index contributed by atoms with van der Waals surface area (Å²) in [6.07, 6.45) is 12.0. The van der Waals surface area contributed by atoms with Gasteiger partial charge in [-0.05, 0) is 55.7 Å². The second-order valence-electron chi connectivity index (χ2n) is 9.58. The van der Waals surface area contributed by atoms with Crippen molar-refractivity contribution in [2.75, 3.05) is 6.54 Å². The van der Waals surface area contributed by atoms with Gasteiger partial charge in [-0.3, -0.25) is 9.48 Å². The van der Waals surface area contributed by atoms with Gasteiger partial charge in [-0.15, -0.1) is 5.10 Å². The Morgan fingerprint density at radius 1 is 1.20 bits per heavy atom. The first-order valence-electron chi connectivity index (χ1n) is 12.0. The minimum atomic E-state index is -0.243. The van der Waals surface area contributed by atoms with Gasteiger partial charge in [-0.25, -0.2) is 4.98 Å². The zero-order chi connectivity index (χ0) is 23.9. The monoisotopic (exact) mass is 468 g/mol. The molecule has 1 amide bonds. The maximum Gasteiger partial charge on any atom is 0.310 e. The van der Waals surface area contributed by atoms with Crippen LogP contribution in [0.4, 0.5) is 0 Å². The van der Waals surface area contributed by atoms with Crippen molar-refractivity contribution in [1.82, 2.24) is 29.8 Å². The molecule has 6 rings (SSSR count). The summed E-state index contributed by atoms with van der Waals surface area (Å²) in [5, 5.41) is 26.9. The lowest BCUT2D eigenvalue weighted by Crippen LogP contribution is -2.43. The number of rotatable bonds is 7. The van der Waals surface area contributed by atoms with Crippen LogP contribution in [-0.2, 0) is 6.54 Å². The topological polar surface area (TPSA) is 128 Å². The molecule has 2 saturated carbocycles. The largest absolute Gasteiger partial charge is 0.432 e. The van der Waals surface area contributed by atoms with E-state index in [1.807, 2.05) is 23.1 Å². The third kappa shape index (κ3) is 4.12. The predicted octanol–water partition coefficient (Wildman–Crippen LogP) is 2.91. The molecule has 3 aromatic rings. The van der Waals surface area contributed by atoms with Crippen LogP contribution in [0.15, 0.2) is 41.2 Å². The predicted molar refractivity (Wildman–Crippen MR) is 122 cm³/mol. The standard InChI is InChI=1S/C25H24N8O2/c26-11-16-1-6-21(17-2-3-17)22(9-16)23-12-28-24(35-23)25(34)33(18-4-5-18)20-10-19(31(13-20)15-27)14-32-8-7-29-30-32/h1,6-9,12,17-20H,2-5,10,13-14H2/t19-,20+/m0/s1. The fraction of sp³-hybridized carbons (Fsp3) is 0.440. The average Bonchev–Trinajstić information content (AvgIpc) is 3.74. The van der Waals surface area contributed by atoms with Gasteiger partial charge >= 0.3 is 5.91 Å². The Morgan fingerprint density at radius 2 is 2.06 bits per heavy atom. The van der Waals surface area contributed by atoms with Crippen LogP contribution >= 0.6 is 0 Å². The second kappa shape index (κ2) is 8.55. The molecule has 3 aliphatic rings. The maximum atomic E-state index is 13.6. The summed E-state index contributed by atoms with van der Waals surface area (Å²) in [7, 11) is 0. The molecule has 3 heterocycles. The van der Waals surface area contributed by atoms with Crippen molar-refractivity contribution >= 4 is 5.91 Å². The first-order chi connectivity index (χ1) is 17.1. The highest BCUT2D eigenvalue weighted by Gasteiger charge is 2.45. The molecule has 0 radical (unpaired) electrons. The Morgan fingerprint density at radius 3 is 2.74 bits per heavy atom. The van der Waals surface area contributed by atoms with Crippen LogP contribution in [0.2, 0.25) is 0 Å². The quantitative estimate of drug-likeness (QED) is 0.484. The van der Waals surface area contributed by atoms with Crippen LogP contribution < -0.4 is 0 Å². The van der Waals surface area contributed by atoms with Crippen LogP contribution in [-0.4, -0.2) is 60.4 Å². The zero-order valence-electron chi connectivity index (χ0n) is 19.1. The number of amides is 1. The first kappa shape index (κ1) is 21.4. The number of nitrogens with zero attached hydrogens (tertiary/aromatic N) is 8. The van der Waals surface area contributed by atoms with Crippen molar-refractivity contribution in [3.05, 3.63) is 53.8 Å². The summed E-state index contributed by atoms with van der Waals surface area (Å²) in [6.45, 7) is 1.01. The Kier molecular flexibility index (Phi) is 5.22. The molecule has 3 fully saturated rings. The summed E-state index contributed by atoms with van der Waals surface area (Å²) < 4.78 is 7.74. The number of carbonyl (C=O) groups is 1. The molecular formula is C25H24N8O2. The Balaban J connectivity index is 1.25. The van der Waals surface area contributed by atoms with Gasteiger partial charge in [0.1, 0.15) is 0 Å². The third-order valence-electron chi connectivity index (χ3n) is 7.11. The summed E-state index contributed by atoms with van der Waals surface area (Å²) in [6, 6.07) is 7.78. The summed E-state index contributed by atoms with van der Waals surface area (Å²) >= 11 is 0. The van der Waals surface area contributed by atoms with Gasteiger partial charge in [-0.1, -0.05) is 11.3 Å². The Bertz CT molecular complexity index is 1330. The van der Waals surface area contributed by atoms with Gasteiger partial charge in [0.25, 0.3) is 5.89 Å². The highest BCUT2D eigenvalue weighted by atomic mass is 16.4. The minimum absolute atomic E-state index is 0.0549. The second-order valence-corrected chi connectivity index (χ2v) is 9.58. The Labute approximate surface area is 202 Å². The van der Waals surface area contributed by atoms with E-state index in [0.717, 1.165) is 36.8 Å². The van der Waals surface area contributed by atoms with Crippen molar-refractivity contribution < 1.29 is 9.21 Å². The number of hydrogen-bond donors (Lipinski definition) is 0. The van der Waals surface area contributed by atoms with Crippen LogP contribution in [0.1, 0.15) is 59.8 Å². The van der Waals surface area contributed by atoms with E-state index in [1.165, 1.54) is 0 Å². The van der Waals surface area contributed by atoms with Gasteiger partial charge in [0, 0.05) is 24.3 Å². The van der Waals surface area contributed by atoms with E-state index in [4.69, 9.17) is 4.42 Å². The number of carbonyl (C=O) groups excluding carboxylic acids is 1. The fourth-order valence-electron chi connectivity index (χ4n) is 5.12. The smallest absolute Gasteiger partial charge is 0.310 e. The molecule has 176 valence electrons. The molecule has 2 aliphatic carbocycles. The van der Waals surface area contributed by atoms with Crippen LogP contribution in [0.3, 0.4) is 0 Å². The van der Waals surface area contributed by atoms with Crippen LogP contribution in [0.5, 0.6) is 0 Å². The lowest BCUT2D eigenvalue weighted by atomic mass is 9.99. The number of benzene rings is 1. The highest BCUT2D eigenvalue weighted by molar-refractivity contribution is 5.91. The number of nitriles is 2. The van der Waals surface area contributed by atoms with Crippen LogP contribution in [0, 0.1) is 22.8 Å². The molecule has 0 unspecified atom stereocenters.